The van der Waals surface area contributed by atoms with Crippen LogP contribution in [0.2, 0.25) is 0 Å². The summed E-state index contributed by atoms with van der Waals surface area (Å²) in [5.41, 5.74) is 7.86. The molecule has 0 aliphatic carbocycles. The molecule has 0 bridgehead atoms. The van der Waals surface area contributed by atoms with Crippen LogP contribution in [0.5, 0.6) is 0 Å². The lowest BCUT2D eigenvalue weighted by Crippen LogP contribution is -2.38. The Morgan fingerprint density at radius 3 is 2.27 bits per heavy atom. The summed E-state index contributed by atoms with van der Waals surface area (Å²) in [7, 11) is 0. The molecule has 0 aromatic heterocycles. The number of carbonyl (C=O) groups is 2. The van der Waals surface area contributed by atoms with E-state index >= 15 is 0 Å². The second kappa shape index (κ2) is 8.70. The van der Waals surface area contributed by atoms with E-state index in [1.807, 2.05) is 61.5 Å². The van der Waals surface area contributed by atoms with Crippen molar-refractivity contribution in [3.05, 3.63) is 112 Å². The predicted molar refractivity (Wildman–Crippen MR) is 130 cm³/mol. The van der Waals surface area contributed by atoms with Crippen LogP contribution in [-0.4, -0.2) is 34.7 Å². The lowest BCUT2D eigenvalue weighted by atomic mass is 9.96. The van der Waals surface area contributed by atoms with E-state index in [0.29, 0.717) is 30.8 Å². The van der Waals surface area contributed by atoms with Gasteiger partial charge in [-0.25, -0.2) is 0 Å². The highest BCUT2D eigenvalue weighted by Crippen LogP contribution is 2.35. The van der Waals surface area contributed by atoms with Crippen LogP contribution in [0.4, 0.5) is 0 Å². The van der Waals surface area contributed by atoms with E-state index in [1.165, 1.54) is 21.6 Å². The molecule has 0 radical (unpaired) electrons. The molecule has 33 heavy (non-hydrogen) atoms. The van der Waals surface area contributed by atoms with Gasteiger partial charge in [0, 0.05) is 19.6 Å². The van der Waals surface area contributed by atoms with Crippen LogP contribution in [0, 0.1) is 13.8 Å². The number of carbonyl (C=O) groups excluding carboxylic acids is 2. The lowest BCUT2D eigenvalue weighted by Gasteiger charge is -2.31. The van der Waals surface area contributed by atoms with Crippen molar-refractivity contribution in [1.82, 2.24) is 9.80 Å². The first-order valence-corrected chi connectivity index (χ1v) is 11.6. The molecule has 3 aromatic rings. The van der Waals surface area contributed by atoms with Crippen molar-refractivity contribution in [1.29, 1.82) is 0 Å². The lowest BCUT2D eigenvalue weighted by molar-refractivity contribution is -0.137. The van der Waals surface area contributed by atoms with Crippen molar-refractivity contribution in [2.45, 2.75) is 33.2 Å². The number of aryl methyl sites for hydroxylation is 2. The molecule has 4 nitrogen and oxygen atoms in total. The molecule has 0 N–H and O–H groups in total. The highest BCUT2D eigenvalue weighted by Gasteiger charge is 2.41. The first-order valence-electron chi connectivity index (χ1n) is 11.6. The average molecular weight is 437 g/mol. The van der Waals surface area contributed by atoms with Crippen molar-refractivity contribution >= 4 is 17.4 Å². The first kappa shape index (κ1) is 21.2. The van der Waals surface area contributed by atoms with Crippen LogP contribution < -0.4 is 0 Å². The maximum absolute atomic E-state index is 13.7. The topological polar surface area (TPSA) is 40.6 Å². The van der Waals surface area contributed by atoms with Crippen molar-refractivity contribution in [3.63, 3.8) is 0 Å². The molecule has 2 aliphatic heterocycles. The summed E-state index contributed by atoms with van der Waals surface area (Å²) >= 11 is 0. The molecule has 3 aromatic carbocycles. The number of nitrogens with zero attached hydrogens (tertiary/aromatic N) is 2. The number of rotatable bonds is 5. The predicted octanol–water partition coefficient (Wildman–Crippen LogP) is 4.68. The molecule has 4 heteroatoms. The summed E-state index contributed by atoms with van der Waals surface area (Å²) in [6.07, 6.45) is 1.51. The minimum atomic E-state index is -0.187. The van der Waals surface area contributed by atoms with Gasteiger partial charge in [-0.05, 0) is 60.1 Å². The SMILES string of the molecule is Cc1ccc(C2=C(N3CCc4ccccc4C3)C(=O)N(CCc3ccccc3)C2=O)cc1C. The quantitative estimate of drug-likeness (QED) is 0.545. The molecule has 2 aliphatic rings. The number of amides is 2. The normalized spacial score (nSPS) is 15.9. The Kier molecular flexibility index (Phi) is 5.59. The minimum absolute atomic E-state index is 0.177. The van der Waals surface area contributed by atoms with Gasteiger partial charge in [0.2, 0.25) is 0 Å². The summed E-state index contributed by atoms with van der Waals surface area (Å²) in [5, 5.41) is 0. The maximum Gasteiger partial charge on any atom is 0.277 e. The third-order valence-electron chi connectivity index (χ3n) is 6.85. The van der Waals surface area contributed by atoms with E-state index < -0.39 is 0 Å². The Morgan fingerprint density at radius 1 is 0.788 bits per heavy atom. The molecule has 2 heterocycles. The third-order valence-corrected chi connectivity index (χ3v) is 6.85. The molecule has 0 fully saturated rings. The molecule has 2 amide bonds. The largest absolute Gasteiger partial charge is 0.362 e. The van der Waals surface area contributed by atoms with E-state index in [2.05, 4.69) is 30.0 Å². The zero-order valence-electron chi connectivity index (χ0n) is 19.2. The molecule has 0 spiro atoms. The number of fused-ring (bicyclic) bond motifs is 1. The monoisotopic (exact) mass is 436 g/mol. The van der Waals surface area contributed by atoms with Crippen LogP contribution in [0.3, 0.4) is 0 Å². The molecule has 0 atom stereocenters. The van der Waals surface area contributed by atoms with Gasteiger partial charge in [-0.1, -0.05) is 72.8 Å². The van der Waals surface area contributed by atoms with Gasteiger partial charge < -0.3 is 4.90 Å². The summed E-state index contributed by atoms with van der Waals surface area (Å²) in [6.45, 7) is 5.86. The van der Waals surface area contributed by atoms with Crippen LogP contribution in [0.25, 0.3) is 5.57 Å². The highest BCUT2D eigenvalue weighted by molar-refractivity contribution is 6.35. The van der Waals surface area contributed by atoms with Crippen molar-refractivity contribution < 1.29 is 9.59 Å². The van der Waals surface area contributed by atoms with Crippen molar-refractivity contribution in [3.8, 4) is 0 Å². The molecular formula is C29H28N2O2. The standard InChI is InChI=1S/C29H28N2O2/c1-20-12-13-24(18-21(20)2)26-27(30-16-15-23-10-6-7-11-25(23)19-30)29(33)31(28(26)32)17-14-22-8-4-3-5-9-22/h3-13,18H,14-17,19H2,1-2H3. The van der Waals surface area contributed by atoms with Gasteiger partial charge in [-0.2, -0.15) is 0 Å². The Labute approximate surface area is 195 Å². The number of imide groups is 1. The van der Waals surface area contributed by atoms with E-state index in [4.69, 9.17) is 0 Å². The minimum Gasteiger partial charge on any atom is -0.362 e. The van der Waals surface area contributed by atoms with Gasteiger partial charge in [0.05, 0.1) is 5.57 Å². The van der Waals surface area contributed by atoms with Gasteiger partial charge in [0.25, 0.3) is 11.8 Å². The van der Waals surface area contributed by atoms with E-state index in [1.54, 1.807) is 0 Å². The first-order chi connectivity index (χ1) is 16.0. The second-order valence-corrected chi connectivity index (χ2v) is 8.96. The Hall–Kier alpha value is -3.66. The second-order valence-electron chi connectivity index (χ2n) is 8.96. The smallest absolute Gasteiger partial charge is 0.277 e. The fourth-order valence-electron chi connectivity index (χ4n) is 4.79. The number of benzene rings is 3. The number of hydrogen-bond acceptors (Lipinski definition) is 3. The van der Waals surface area contributed by atoms with Crippen molar-refractivity contribution in [2.75, 3.05) is 13.1 Å². The maximum atomic E-state index is 13.7. The van der Waals surface area contributed by atoms with Gasteiger partial charge in [-0.3, -0.25) is 14.5 Å². The van der Waals surface area contributed by atoms with Crippen LogP contribution >= 0.6 is 0 Å². The molecule has 0 saturated heterocycles. The molecule has 5 rings (SSSR count). The van der Waals surface area contributed by atoms with E-state index in [9.17, 15) is 9.59 Å². The van der Waals surface area contributed by atoms with Gasteiger partial charge in [0.1, 0.15) is 5.70 Å². The Morgan fingerprint density at radius 2 is 1.52 bits per heavy atom. The zero-order chi connectivity index (χ0) is 22.9. The van der Waals surface area contributed by atoms with Crippen molar-refractivity contribution in [2.24, 2.45) is 0 Å². The fraction of sp³-hybridized carbons (Fsp3) is 0.241. The average Bonchev–Trinajstić information content (AvgIpc) is 3.09. The number of hydrogen-bond donors (Lipinski definition) is 0. The van der Waals surface area contributed by atoms with Crippen LogP contribution in [0.15, 0.2) is 78.5 Å². The Bertz CT molecular complexity index is 1260. The molecular weight excluding hydrogens is 408 g/mol. The van der Waals surface area contributed by atoms with Gasteiger partial charge in [0.15, 0.2) is 0 Å². The summed E-state index contributed by atoms with van der Waals surface area (Å²) in [5.74, 6) is -0.364. The van der Waals surface area contributed by atoms with Gasteiger partial charge >= 0.3 is 0 Å². The highest BCUT2D eigenvalue weighted by atomic mass is 16.2. The summed E-state index contributed by atoms with van der Waals surface area (Å²) in [4.78, 5) is 30.9. The summed E-state index contributed by atoms with van der Waals surface area (Å²) in [6, 6.07) is 24.4. The molecule has 0 saturated carbocycles. The van der Waals surface area contributed by atoms with Crippen LogP contribution in [-0.2, 0) is 29.0 Å². The Balaban J connectivity index is 1.52. The van der Waals surface area contributed by atoms with Gasteiger partial charge in [-0.15, -0.1) is 0 Å². The summed E-state index contributed by atoms with van der Waals surface area (Å²) < 4.78 is 0. The fourth-order valence-corrected chi connectivity index (χ4v) is 4.79. The third kappa shape index (κ3) is 3.97. The van der Waals surface area contributed by atoms with E-state index in [-0.39, 0.29) is 11.8 Å². The van der Waals surface area contributed by atoms with E-state index in [0.717, 1.165) is 29.7 Å². The van der Waals surface area contributed by atoms with Crippen LogP contribution in [0.1, 0.15) is 33.4 Å². The molecule has 166 valence electrons. The molecule has 0 unspecified atom stereocenters. The zero-order valence-corrected chi connectivity index (χ0v) is 19.2.